The number of nitroso groups, excluding NO2 is 1. The second kappa shape index (κ2) is 1.84. The van der Waals surface area contributed by atoms with Gasteiger partial charge in [-0.25, -0.2) is 0 Å². The van der Waals surface area contributed by atoms with Gasteiger partial charge in [-0.3, -0.25) is 0 Å². The number of hydrogen-bond acceptors (Lipinski definition) is 3. The molecule has 3 nitrogen and oxygen atoms in total. The number of aliphatic hydroxyl groups is 1. The van der Waals surface area contributed by atoms with Gasteiger partial charge in [0.15, 0.2) is 6.23 Å². The van der Waals surface area contributed by atoms with Gasteiger partial charge in [-0.1, -0.05) is 0 Å². The highest BCUT2D eigenvalue weighted by Gasteiger charge is 1.82. The molecule has 0 saturated heterocycles. The Morgan fingerprint density at radius 1 is 2.00 bits per heavy atom. The molecule has 30 valence electrons. The second-order valence-corrected chi connectivity index (χ2v) is 0.737. The summed E-state index contributed by atoms with van der Waals surface area (Å²) in [6.45, 7) is 1.30. The molecule has 0 aliphatic heterocycles. The number of rotatable bonds is 1. The van der Waals surface area contributed by atoms with Crippen molar-refractivity contribution in [3.05, 3.63) is 4.91 Å². The van der Waals surface area contributed by atoms with Crippen molar-refractivity contribution in [3.8, 4) is 0 Å². The van der Waals surface area contributed by atoms with Crippen LogP contribution < -0.4 is 0 Å². The SMILES string of the molecule is CC(O)N=O. The number of hydrogen-bond donors (Lipinski definition) is 1. The fourth-order valence-corrected chi connectivity index (χ4v) is 0. The topological polar surface area (TPSA) is 49.7 Å². The fourth-order valence-electron chi connectivity index (χ4n) is 0. The minimum Gasteiger partial charge on any atom is -0.369 e. The third kappa shape index (κ3) is 3.56. The Balaban J connectivity index is 2.83. The van der Waals surface area contributed by atoms with Crippen LogP contribution in [0.15, 0.2) is 5.18 Å². The van der Waals surface area contributed by atoms with Crippen LogP contribution in [-0.4, -0.2) is 11.3 Å². The maximum atomic E-state index is 9.00. The van der Waals surface area contributed by atoms with E-state index in [1.54, 1.807) is 0 Å². The van der Waals surface area contributed by atoms with E-state index >= 15 is 0 Å². The first-order valence-electron chi connectivity index (χ1n) is 1.28. The van der Waals surface area contributed by atoms with E-state index < -0.39 is 6.23 Å². The van der Waals surface area contributed by atoms with Crippen molar-refractivity contribution in [2.75, 3.05) is 0 Å². The Labute approximate surface area is 29.6 Å². The molecule has 0 bridgehead atoms. The Hall–Kier alpha value is -0.440. The van der Waals surface area contributed by atoms with Crippen molar-refractivity contribution in [3.63, 3.8) is 0 Å². The summed E-state index contributed by atoms with van der Waals surface area (Å²) >= 11 is 0. The first-order chi connectivity index (χ1) is 2.27. The minimum absolute atomic E-state index is 1.05. The zero-order valence-corrected chi connectivity index (χ0v) is 2.88. The summed E-state index contributed by atoms with van der Waals surface area (Å²) in [5.74, 6) is 0. The summed E-state index contributed by atoms with van der Waals surface area (Å²) in [6, 6.07) is 0. The molecule has 0 aromatic carbocycles. The van der Waals surface area contributed by atoms with Crippen LogP contribution in [-0.2, 0) is 0 Å². The Bertz CT molecular complexity index is 34.6. The molecule has 0 aliphatic rings. The average molecular weight is 75.1 g/mol. The van der Waals surface area contributed by atoms with E-state index in [-0.39, 0.29) is 0 Å². The smallest absolute Gasteiger partial charge is 0.184 e. The number of nitrogens with zero attached hydrogens (tertiary/aromatic N) is 1. The quantitative estimate of drug-likeness (QED) is 0.449. The van der Waals surface area contributed by atoms with Crippen molar-refractivity contribution >= 4 is 0 Å². The fraction of sp³-hybridized carbons (Fsp3) is 1.00. The summed E-state index contributed by atoms with van der Waals surface area (Å²) in [7, 11) is 0. The van der Waals surface area contributed by atoms with E-state index in [1.165, 1.54) is 6.92 Å². The third-order valence-electron chi connectivity index (χ3n) is 0.153. The summed E-state index contributed by atoms with van der Waals surface area (Å²) in [5.41, 5.74) is 0. The standard InChI is InChI=1S/C2H5NO2/c1-2(4)3-5/h2,4H,1H3. The molecule has 0 aromatic rings. The highest BCUT2D eigenvalue weighted by atomic mass is 16.3. The van der Waals surface area contributed by atoms with Gasteiger partial charge in [0.25, 0.3) is 0 Å². The summed E-state index contributed by atoms with van der Waals surface area (Å²) in [6.07, 6.45) is -1.05. The second-order valence-electron chi connectivity index (χ2n) is 0.737. The van der Waals surface area contributed by atoms with Crippen LogP contribution in [0.1, 0.15) is 6.92 Å². The van der Waals surface area contributed by atoms with Gasteiger partial charge in [0.1, 0.15) is 0 Å². The van der Waals surface area contributed by atoms with Crippen LogP contribution in [0.2, 0.25) is 0 Å². The van der Waals surface area contributed by atoms with Crippen LogP contribution in [0, 0.1) is 4.91 Å². The number of aliphatic hydroxyl groups excluding tert-OH is 1. The first-order valence-corrected chi connectivity index (χ1v) is 1.28. The predicted molar refractivity (Wildman–Crippen MR) is 17.5 cm³/mol. The van der Waals surface area contributed by atoms with Crippen molar-refractivity contribution in [1.82, 2.24) is 0 Å². The zero-order chi connectivity index (χ0) is 4.28. The maximum Gasteiger partial charge on any atom is 0.184 e. The van der Waals surface area contributed by atoms with E-state index in [1.807, 2.05) is 0 Å². The van der Waals surface area contributed by atoms with Gasteiger partial charge in [-0.15, -0.1) is 4.91 Å². The molecule has 0 heterocycles. The molecule has 0 aliphatic carbocycles. The molecule has 1 N–H and O–H groups in total. The lowest BCUT2D eigenvalue weighted by atomic mass is 10.7. The van der Waals surface area contributed by atoms with Crippen LogP contribution in [0.25, 0.3) is 0 Å². The molecule has 3 heteroatoms. The highest BCUT2D eigenvalue weighted by molar-refractivity contribution is 4.31. The molecule has 0 rings (SSSR count). The largest absolute Gasteiger partial charge is 0.369 e. The Kier molecular flexibility index (Phi) is 1.68. The van der Waals surface area contributed by atoms with E-state index in [0.29, 0.717) is 0 Å². The highest BCUT2D eigenvalue weighted by Crippen LogP contribution is 1.73. The zero-order valence-electron chi connectivity index (χ0n) is 2.88. The Morgan fingerprint density at radius 3 is 2.20 bits per heavy atom. The first kappa shape index (κ1) is 4.56. The van der Waals surface area contributed by atoms with Crippen LogP contribution in [0.5, 0.6) is 0 Å². The van der Waals surface area contributed by atoms with E-state index in [0.717, 1.165) is 0 Å². The summed E-state index contributed by atoms with van der Waals surface area (Å²) in [4.78, 5) is 9.00. The van der Waals surface area contributed by atoms with Gasteiger partial charge in [-0.05, 0) is 12.1 Å². The Morgan fingerprint density at radius 2 is 2.20 bits per heavy atom. The van der Waals surface area contributed by atoms with Crippen LogP contribution in [0.4, 0.5) is 0 Å². The van der Waals surface area contributed by atoms with Gasteiger partial charge >= 0.3 is 0 Å². The minimum atomic E-state index is -1.05. The lowest BCUT2D eigenvalue weighted by Gasteiger charge is -1.78. The molecule has 5 heavy (non-hydrogen) atoms. The normalized spacial score (nSPS) is 14.0. The molecule has 1 unspecified atom stereocenters. The van der Waals surface area contributed by atoms with E-state index in [9.17, 15) is 0 Å². The summed E-state index contributed by atoms with van der Waals surface area (Å²) in [5, 5.41) is 10.1. The molecule has 0 radical (unpaired) electrons. The average Bonchev–Trinajstić information content (AvgIpc) is 1.38. The molecule has 0 spiro atoms. The van der Waals surface area contributed by atoms with Crippen LogP contribution in [0.3, 0.4) is 0 Å². The van der Waals surface area contributed by atoms with Crippen molar-refractivity contribution in [1.29, 1.82) is 0 Å². The lowest BCUT2D eigenvalue weighted by Crippen LogP contribution is -1.88. The molecule has 0 fully saturated rings. The molecule has 1 atom stereocenters. The lowest BCUT2D eigenvalue weighted by molar-refractivity contribution is 0.203. The molecule has 0 saturated carbocycles. The monoisotopic (exact) mass is 75.0 g/mol. The molecule has 0 aromatic heterocycles. The van der Waals surface area contributed by atoms with Gasteiger partial charge in [0, 0.05) is 0 Å². The van der Waals surface area contributed by atoms with Gasteiger partial charge in [0.2, 0.25) is 0 Å². The third-order valence-corrected chi connectivity index (χ3v) is 0.153. The van der Waals surface area contributed by atoms with Gasteiger partial charge < -0.3 is 5.11 Å². The molecular formula is C2H5NO2. The predicted octanol–water partition coefficient (Wildman–Crippen LogP) is 0.0911. The van der Waals surface area contributed by atoms with Crippen LogP contribution >= 0.6 is 0 Å². The van der Waals surface area contributed by atoms with Crippen molar-refractivity contribution < 1.29 is 5.11 Å². The summed E-state index contributed by atoms with van der Waals surface area (Å²) < 4.78 is 0. The van der Waals surface area contributed by atoms with Crippen molar-refractivity contribution in [2.45, 2.75) is 13.2 Å². The van der Waals surface area contributed by atoms with Gasteiger partial charge in [0.05, 0.1) is 0 Å². The maximum absolute atomic E-state index is 9.00. The van der Waals surface area contributed by atoms with Crippen molar-refractivity contribution in [2.24, 2.45) is 5.18 Å². The van der Waals surface area contributed by atoms with Gasteiger partial charge in [-0.2, -0.15) is 0 Å². The molecular weight excluding hydrogens is 70.0 g/mol. The van der Waals surface area contributed by atoms with E-state index in [4.69, 9.17) is 10.0 Å². The van der Waals surface area contributed by atoms with E-state index in [2.05, 4.69) is 5.18 Å². The molecule has 0 amide bonds.